The Morgan fingerprint density at radius 3 is 2.47 bits per heavy atom. The van der Waals surface area contributed by atoms with Gasteiger partial charge >= 0.3 is 6.18 Å². The molecule has 0 aliphatic heterocycles. The monoisotopic (exact) mass is 270 g/mol. The Morgan fingerprint density at radius 1 is 1.32 bits per heavy atom. The van der Waals surface area contributed by atoms with Crippen LogP contribution in [0.4, 0.5) is 19.1 Å². The SMILES string of the molecule is CCc1ccc(-n2nc(C(F)(F)F)nc2N)c(C)c1. The minimum absolute atomic E-state index is 0.278. The van der Waals surface area contributed by atoms with Crippen molar-refractivity contribution in [3.8, 4) is 5.69 Å². The van der Waals surface area contributed by atoms with Gasteiger partial charge in [-0.15, -0.1) is 5.10 Å². The van der Waals surface area contributed by atoms with Gasteiger partial charge in [-0.2, -0.15) is 22.8 Å². The summed E-state index contributed by atoms with van der Waals surface area (Å²) >= 11 is 0. The lowest BCUT2D eigenvalue weighted by atomic mass is 10.1. The van der Waals surface area contributed by atoms with E-state index in [4.69, 9.17) is 5.73 Å². The first-order valence-electron chi connectivity index (χ1n) is 5.72. The van der Waals surface area contributed by atoms with Crippen LogP contribution in [-0.4, -0.2) is 14.8 Å². The molecule has 1 heterocycles. The lowest BCUT2D eigenvalue weighted by Crippen LogP contribution is -2.09. The Balaban J connectivity index is 2.51. The quantitative estimate of drug-likeness (QED) is 0.912. The van der Waals surface area contributed by atoms with Crippen molar-refractivity contribution in [2.45, 2.75) is 26.4 Å². The number of rotatable bonds is 2. The number of aromatic nitrogens is 3. The fourth-order valence-corrected chi connectivity index (χ4v) is 1.80. The topological polar surface area (TPSA) is 56.7 Å². The standard InChI is InChI=1S/C12H13F3N4/c1-3-8-4-5-9(7(2)6-8)19-11(16)17-10(18-19)12(13,14)15/h4-6H,3H2,1-2H3,(H2,16,17,18). The molecule has 0 saturated heterocycles. The maximum atomic E-state index is 12.5. The van der Waals surface area contributed by atoms with Crippen LogP contribution in [0.2, 0.25) is 0 Å². The number of nitrogens with zero attached hydrogens (tertiary/aromatic N) is 3. The highest BCUT2D eigenvalue weighted by atomic mass is 19.4. The predicted octanol–water partition coefficient (Wildman–Crippen LogP) is 2.74. The summed E-state index contributed by atoms with van der Waals surface area (Å²) in [5.41, 5.74) is 7.89. The summed E-state index contributed by atoms with van der Waals surface area (Å²) in [4.78, 5) is 3.25. The summed E-state index contributed by atoms with van der Waals surface area (Å²) in [5.74, 6) is -1.51. The minimum Gasteiger partial charge on any atom is -0.368 e. The zero-order valence-electron chi connectivity index (χ0n) is 10.5. The molecule has 19 heavy (non-hydrogen) atoms. The first-order valence-corrected chi connectivity index (χ1v) is 5.72. The smallest absolute Gasteiger partial charge is 0.368 e. The molecular formula is C12H13F3N4. The van der Waals surface area contributed by atoms with Gasteiger partial charge in [0.15, 0.2) is 0 Å². The molecule has 2 N–H and O–H groups in total. The average molecular weight is 270 g/mol. The third kappa shape index (κ3) is 2.54. The molecule has 0 unspecified atom stereocenters. The van der Waals surface area contributed by atoms with Crippen LogP contribution in [0.1, 0.15) is 23.9 Å². The van der Waals surface area contributed by atoms with E-state index in [1.165, 1.54) is 0 Å². The largest absolute Gasteiger partial charge is 0.453 e. The van der Waals surface area contributed by atoms with Crippen LogP contribution in [-0.2, 0) is 12.6 Å². The summed E-state index contributed by atoms with van der Waals surface area (Å²) in [5, 5.41) is 3.42. The average Bonchev–Trinajstić information content (AvgIpc) is 2.71. The number of benzene rings is 1. The van der Waals surface area contributed by atoms with E-state index in [0.29, 0.717) is 5.69 Å². The van der Waals surface area contributed by atoms with Crippen molar-refractivity contribution >= 4 is 5.95 Å². The molecule has 0 fully saturated rings. The number of hydrogen-bond acceptors (Lipinski definition) is 3. The molecule has 102 valence electrons. The predicted molar refractivity (Wildman–Crippen MR) is 64.9 cm³/mol. The summed E-state index contributed by atoms with van der Waals surface area (Å²) in [6.45, 7) is 3.79. The molecule has 0 aliphatic rings. The molecule has 0 saturated carbocycles. The van der Waals surface area contributed by atoms with Crippen LogP contribution in [0.3, 0.4) is 0 Å². The highest BCUT2D eigenvalue weighted by molar-refractivity contribution is 5.45. The van der Waals surface area contributed by atoms with Crippen molar-refractivity contribution in [2.24, 2.45) is 0 Å². The molecule has 2 rings (SSSR count). The highest BCUT2D eigenvalue weighted by Crippen LogP contribution is 2.28. The van der Waals surface area contributed by atoms with Crippen LogP contribution in [0.25, 0.3) is 5.69 Å². The van der Waals surface area contributed by atoms with E-state index in [1.807, 2.05) is 19.1 Å². The van der Waals surface area contributed by atoms with Crippen molar-refractivity contribution in [1.29, 1.82) is 0 Å². The van der Waals surface area contributed by atoms with Crippen molar-refractivity contribution < 1.29 is 13.2 Å². The third-order valence-electron chi connectivity index (χ3n) is 2.78. The third-order valence-corrected chi connectivity index (χ3v) is 2.78. The van der Waals surface area contributed by atoms with Gasteiger partial charge in [-0.05, 0) is 30.5 Å². The van der Waals surface area contributed by atoms with Gasteiger partial charge in [-0.25, -0.2) is 0 Å². The lowest BCUT2D eigenvalue weighted by Gasteiger charge is -2.08. The van der Waals surface area contributed by atoms with Crippen molar-refractivity contribution in [3.05, 3.63) is 35.2 Å². The zero-order chi connectivity index (χ0) is 14.2. The Morgan fingerprint density at radius 2 is 2.00 bits per heavy atom. The number of anilines is 1. The van der Waals surface area contributed by atoms with Gasteiger partial charge in [0.2, 0.25) is 5.95 Å². The number of nitrogen functional groups attached to an aromatic ring is 1. The van der Waals surface area contributed by atoms with Crippen LogP contribution < -0.4 is 5.73 Å². The van der Waals surface area contributed by atoms with Crippen LogP contribution in [0.15, 0.2) is 18.2 Å². The van der Waals surface area contributed by atoms with Crippen LogP contribution in [0, 0.1) is 6.92 Å². The fourth-order valence-electron chi connectivity index (χ4n) is 1.80. The molecule has 0 bridgehead atoms. The molecule has 7 heteroatoms. The molecule has 1 aromatic carbocycles. The van der Waals surface area contributed by atoms with E-state index in [1.54, 1.807) is 13.0 Å². The van der Waals surface area contributed by atoms with Gasteiger partial charge in [-0.3, -0.25) is 0 Å². The Labute approximate surface area is 108 Å². The van der Waals surface area contributed by atoms with E-state index >= 15 is 0 Å². The van der Waals surface area contributed by atoms with E-state index in [-0.39, 0.29) is 5.95 Å². The zero-order valence-corrected chi connectivity index (χ0v) is 10.5. The highest BCUT2D eigenvalue weighted by Gasteiger charge is 2.37. The summed E-state index contributed by atoms with van der Waals surface area (Å²) in [6.07, 6.45) is -3.75. The minimum atomic E-state index is -4.60. The van der Waals surface area contributed by atoms with Gasteiger partial charge in [0, 0.05) is 0 Å². The van der Waals surface area contributed by atoms with Crippen LogP contribution >= 0.6 is 0 Å². The van der Waals surface area contributed by atoms with E-state index < -0.39 is 12.0 Å². The maximum absolute atomic E-state index is 12.5. The summed E-state index contributed by atoms with van der Waals surface area (Å²) in [6, 6.07) is 5.42. The molecule has 2 aromatic rings. The van der Waals surface area contributed by atoms with Crippen molar-refractivity contribution in [3.63, 3.8) is 0 Å². The van der Waals surface area contributed by atoms with Gasteiger partial charge in [-0.1, -0.05) is 19.1 Å². The molecule has 4 nitrogen and oxygen atoms in total. The van der Waals surface area contributed by atoms with E-state index in [0.717, 1.165) is 22.2 Å². The Kier molecular flexibility index (Phi) is 3.21. The van der Waals surface area contributed by atoms with Crippen molar-refractivity contribution in [1.82, 2.24) is 14.8 Å². The van der Waals surface area contributed by atoms with Gasteiger partial charge in [0.25, 0.3) is 5.82 Å². The molecule has 0 radical (unpaired) electrons. The van der Waals surface area contributed by atoms with Crippen LogP contribution in [0.5, 0.6) is 0 Å². The summed E-state index contributed by atoms with van der Waals surface area (Å²) in [7, 11) is 0. The second kappa shape index (κ2) is 4.56. The van der Waals surface area contributed by atoms with Gasteiger partial charge < -0.3 is 5.73 Å². The normalized spacial score (nSPS) is 11.8. The first kappa shape index (κ1) is 13.4. The van der Waals surface area contributed by atoms with Crippen molar-refractivity contribution in [2.75, 3.05) is 5.73 Å². The first-order chi connectivity index (χ1) is 8.82. The second-order valence-corrected chi connectivity index (χ2v) is 4.18. The van der Waals surface area contributed by atoms with E-state index in [2.05, 4.69) is 10.1 Å². The Bertz CT molecular complexity index is 602. The van der Waals surface area contributed by atoms with E-state index in [9.17, 15) is 13.2 Å². The summed E-state index contributed by atoms with van der Waals surface area (Å²) < 4.78 is 38.6. The molecule has 1 aromatic heterocycles. The lowest BCUT2D eigenvalue weighted by molar-refractivity contribution is -0.144. The van der Waals surface area contributed by atoms with Gasteiger partial charge in [0.1, 0.15) is 0 Å². The molecule has 0 amide bonds. The number of halogens is 3. The molecule has 0 aliphatic carbocycles. The Hall–Kier alpha value is -2.05. The molecular weight excluding hydrogens is 257 g/mol. The number of aryl methyl sites for hydroxylation is 2. The maximum Gasteiger partial charge on any atom is 0.453 e. The fraction of sp³-hybridized carbons (Fsp3) is 0.333. The molecule has 0 atom stereocenters. The second-order valence-electron chi connectivity index (χ2n) is 4.18. The number of hydrogen-bond donors (Lipinski definition) is 1. The van der Waals surface area contributed by atoms with Gasteiger partial charge in [0.05, 0.1) is 5.69 Å². The number of alkyl halides is 3. The molecule has 0 spiro atoms. The number of nitrogens with two attached hydrogens (primary N) is 1.